The third kappa shape index (κ3) is 11.0. The van der Waals surface area contributed by atoms with Gasteiger partial charge in [0.15, 0.2) is 5.78 Å². The lowest BCUT2D eigenvalue weighted by molar-refractivity contribution is -0.133. The molecule has 0 saturated carbocycles. The van der Waals surface area contributed by atoms with E-state index in [9.17, 15) is 19.2 Å². The fourth-order valence-corrected chi connectivity index (χ4v) is 2.28. The lowest BCUT2D eigenvalue weighted by Crippen LogP contribution is -2.53. The van der Waals surface area contributed by atoms with E-state index in [4.69, 9.17) is 4.74 Å². The summed E-state index contributed by atoms with van der Waals surface area (Å²) in [4.78, 5) is 48.0. The molecule has 0 radical (unpaired) electrons. The lowest BCUT2D eigenvalue weighted by atomic mass is 10.0. The van der Waals surface area contributed by atoms with Gasteiger partial charge in [0.1, 0.15) is 12.1 Å². The third-order valence-electron chi connectivity index (χ3n) is 4.19. The van der Waals surface area contributed by atoms with Crippen molar-refractivity contribution in [1.82, 2.24) is 16.0 Å². The molecule has 28 heavy (non-hydrogen) atoms. The van der Waals surface area contributed by atoms with Crippen LogP contribution >= 0.6 is 0 Å². The summed E-state index contributed by atoms with van der Waals surface area (Å²) < 4.78 is 5.38. The smallest absolute Gasteiger partial charge is 0.242 e. The zero-order valence-electron chi connectivity index (χ0n) is 18.3. The average molecular weight is 400 g/mol. The quantitative estimate of drug-likeness (QED) is 0.403. The molecule has 0 fully saturated rings. The van der Waals surface area contributed by atoms with Crippen molar-refractivity contribution in [2.45, 2.75) is 79.4 Å². The molecule has 8 heteroatoms. The minimum absolute atomic E-state index is 0.0804. The summed E-state index contributed by atoms with van der Waals surface area (Å²) in [6.07, 6.45) is 1.10. The molecule has 0 aliphatic heterocycles. The van der Waals surface area contributed by atoms with Gasteiger partial charge >= 0.3 is 0 Å². The first kappa shape index (κ1) is 26.0. The highest BCUT2D eigenvalue weighted by atomic mass is 16.5. The molecule has 8 nitrogen and oxygen atoms in total. The summed E-state index contributed by atoms with van der Waals surface area (Å²) in [7, 11) is 0. The highest BCUT2D eigenvalue weighted by Gasteiger charge is 2.24. The van der Waals surface area contributed by atoms with Gasteiger partial charge in [-0.2, -0.15) is 0 Å². The number of ketones is 1. The summed E-state index contributed by atoms with van der Waals surface area (Å²) in [5, 5.41) is 7.71. The summed E-state index contributed by atoms with van der Waals surface area (Å²) >= 11 is 0. The van der Waals surface area contributed by atoms with Crippen LogP contribution < -0.4 is 16.0 Å². The molecule has 0 aromatic rings. The van der Waals surface area contributed by atoms with E-state index in [1.54, 1.807) is 27.7 Å². The molecule has 0 unspecified atom stereocenters. The maximum atomic E-state index is 12.2. The zero-order chi connectivity index (χ0) is 21.9. The molecule has 0 aromatic carbocycles. The first-order chi connectivity index (χ1) is 13.0. The molecule has 3 atom stereocenters. The molecule has 0 bridgehead atoms. The topological polar surface area (TPSA) is 114 Å². The molecule has 3 N–H and O–H groups in total. The van der Waals surface area contributed by atoms with Crippen LogP contribution in [0.3, 0.4) is 0 Å². The molecular formula is C20H37N3O5. The summed E-state index contributed by atoms with van der Waals surface area (Å²) in [6.45, 7) is 13.3. The van der Waals surface area contributed by atoms with E-state index in [-0.39, 0.29) is 24.0 Å². The number of nitrogens with one attached hydrogen (secondary N) is 3. The van der Waals surface area contributed by atoms with Gasteiger partial charge in [0.2, 0.25) is 17.7 Å². The number of hydrogen-bond donors (Lipinski definition) is 3. The molecule has 3 amide bonds. The highest BCUT2D eigenvalue weighted by molar-refractivity contribution is 5.94. The zero-order valence-corrected chi connectivity index (χ0v) is 18.3. The van der Waals surface area contributed by atoms with Gasteiger partial charge < -0.3 is 20.7 Å². The first-order valence-electron chi connectivity index (χ1n) is 9.97. The Bertz CT molecular complexity index is 534. The van der Waals surface area contributed by atoms with E-state index in [0.717, 1.165) is 6.42 Å². The van der Waals surface area contributed by atoms with Gasteiger partial charge in [-0.1, -0.05) is 27.7 Å². The molecule has 0 spiro atoms. The number of hydrogen-bond acceptors (Lipinski definition) is 5. The summed E-state index contributed by atoms with van der Waals surface area (Å²) in [6, 6.07) is -2.23. The molecule has 0 saturated heterocycles. The number of Topliss-reactive ketones (excluding diaryl/α,β-unsaturated/α-hetero) is 1. The van der Waals surface area contributed by atoms with Gasteiger partial charge in [0.25, 0.3) is 0 Å². The largest absolute Gasteiger partial charge is 0.381 e. The number of ether oxygens (including phenoxy) is 1. The van der Waals surface area contributed by atoms with Crippen LogP contribution in [0.2, 0.25) is 0 Å². The average Bonchev–Trinajstić information content (AvgIpc) is 2.59. The van der Waals surface area contributed by atoms with Crippen LogP contribution in [0, 0.1) is 11.8 Å². The minimum atomic E-state index is -0.825. The first-order valence-corrected chi connectivity index (χ1v) is 9.97. The van der Waals surface area contributed by atoms with Crippen molar-refractivity contribution in [2.75, 3.05) is 13.2 Å². The van der Waals surface area contributed by atoms with Crippen LogP contribution in [0.15, 0.2) is 0 Å². The maximum absolute atomic E-state index is 12.2. The summed E-state index contributed by atoms with van der Waals surface area (Å²) in [5.41, 5.74) is 0. The second-order valence-electron chi connectivity index (χ2n) is 7.85. The van der Waals surface area contributed by atoms with Crippen LogP contribution in [0.1, 0.15) is 61.3 Å². The Hall–Kier alpha value is -1.96. The molecule has 0 aliphatic carbocycles. The normalized spacial score (nSPS) is 14.3. The molecule has 0 aromatic heterocycles. The van der Waals surface area contributed by atoms with E-state index in [1.165, 1.54) is 6.92 Å². The van der Waals surface area contributed by atoms with Gasteiger partial charge in [-0.3, -0.25) is 19.2 Å². The Morgan fingerprint density at radius 3 is 1.71 bits per heavy atom. The second-order valence-corrected chi connectivity index (χ2v) is 7.85. The van der Waals surface area contributed by atoms with Gasteiger partial charge in [0, 0.05) is 18.9 Å². The standard InChI is InChI=1S/C20H37N3O5/c1-12(2)8-10-28-11-9-17(24)21-15(6)19(26)23-16(7)20(27)22-14(5)18(25)13(3)4/h12-16H,8-11H2,1-7H3,(H,21,24)(H,22,27)(H,23,26)/t14-,15-,16-/m0/s1. The number of amides is 3. The van der Waals surface area contributed by atoms with Gasteiger partial charge in [-0.15, -0.1) is 0 Å². The van der Waals surface area contributed by atoms with Crippen molar-refractivity contribution in [2.24, 2.45) is 11.8 Å². The van der Waals surface area contributed by atoms with Crippen molar-refractivity contribution in [1.29, 1.82) is 0 Å². The monoisotopic (exact) mass is 399 g/mol. The number of carbonyl (C=O) groups is 4. The predicted octanol–water partition coefficient (Wildman–Crippen LogP) is 1.18. The predicted molar refractivity (Wildman–Crippen MR) is 108 cm³/mol. The number of rotatable bonds is 13. The molecular weight excluding hydrogens is 362 g/mol. The Kier molecular flexibility index (Phi) is 12.3. The second kappa shape index (κ2) is 13.3. The lowest BCUT2D eigenvalue weighted by Gasteiger charge is -2.21. The highest BCUT2D eigenvalue weighted by Crippen LogP contribution is 2.00. The van der Waals surface area contributed by atoms with Gasteiger partial charge in [0.05, 0.1) is 12.6 Å². The van der Waals surface area contributed by atoms with Crippen LogP contribution in [0.4, 0.5) is 0 Å². The van der Waals surface area contributed by atoms with E-state index in [2.05, 4.69) is 29.8 Å². The molecule has 0 rings (SSSR count). The fourth-order valence-electron chi connectivity index (χ4n) is 2.28. The molecule has 0 aliphatic rings. The van der Waals surface area contributed by atoms with Crippen LogP contribution in [-0.2, 0) is 23.9 Å². The van der Waals surface area contributed by atoms with Crippen LogP contribution in [0.5, 0.6) is 0 Å². The van der Waals surface area contributed by atoms with E-state index in [1.807, 2.05) is 0 Å². The van der Waals surface area contributed by atoms with E-state index >= 15 is 0 Å². The minimum Gasteiger partial charge on any atom is -0.381 e. The van der Waals surface area contributed by atoms with Crippen molar-refractivity contribution in [3.05, 3.63) is 0 Å². The van der Waals surface area contributed by atoms with Gasteiger partial charge in [-0.25, -0.2) is 0 Å². The Labute approximate surface area is 168 Å². The maximum Gasteiger partial charge on any atom is 0.242 e. The van der Waals surface area contributed by atoms with Gasteiger partial charge in [-0.05, 0) is 33.1 Å². The third-order valence-corrected chi connectivity index (χ3v) is 4.19. The number of carbonyl (C=O) groups excluding carboxylic acids is 4. The summed E-state index contributed by atoms with van der Waals surface area (Å²) in [5.74, 6) is -0.942. The Morgan fingerprint density at radius 1 is 0.714 bits per heavy atom. The SMILES string of the molecule is CC(C)CCOCCC(=O)N[C@@H](C)C(=O)N[C@@H](C)C(=O)N[C@@H](C)C(=O)C(C)C. The molecule has 0 heterocycles. The van der Waals surface area contributed by atoms with Crippen molar-refractivity contribution < 1.29 is 23.9 Å². The van der Waals surface area contributed by atoms with E-state index < -0.39 is 29.9 Å². The Balaban J connectivity index is 4.25. The van der Waals surface area contributed by atoms with Crippen molar-refractivity contribution in [3.63, 3.8) is 0 Å². The van der Waals surface area contributed by atoms with Crippen molar-refractivity contribution >= 4 is 23.5 Å². The fraction of sp³-hybridized carbons (Fsp3) is 0.800. The van der Waals surface area contributed by atoms with Crippen LogP contribution in [-0.4, -0.2) is 54.8 Å². The van der Waals surface area contributed by atoms with E-state index in [0.29, 0.717) is 19.1 Å². The van der Waals surface area contributed by atoms with Crippen molar-refractivity contribution in [3.8, 4) is 0 Å². The Morgan fingerprint density at radius 2 is 1.21 bits per heavy atom. The van der Waals surface area contributed by atoms with Crippen LogP contribution in [0.25, 0.3) is 0 Å². The molecule has 162 valence electrons.